The molecule has 1 unspecified atom stereocenters. The van der Waals surface area contributed by atoms with Crippen molar-refractivity contribution in [2.24, 2.45) is 0 Å². The van der Waals surface area contributed by atoms with Gasteiger partial charge in [0, 0.05) is 7.11 Å². The van der Waals surface area contributed by atoms with E-state index in [0.29, 0.717) is 11.3 Å². The third kappa shape index (κ3) is 3.88. The molecule has 124 valence electrons. The maximum atomic E-state index is 8.88. The highest BCUT2D eigenvalue weighted by molar-refractivity contribution is 5.43. The molecule has 25 heavy (non-hydrogen) atoms. The van der Waals surface area contributed by atoms with E-state index in [1.165, 1.54) is 0 Å². The number of hydrogen-bond donors (Lipinski definition) is 0. The molecule has 0 aliphatic rings. The van der Waals surface area contributed by atoms with Crippen LogP contribution >= 0.6 is 0 Å². The number of hydrogen-bond acceptors (Lipinski definition) is 3. The summed E-state index contributed by atoms with van der Waals surface area (Å²) in [6.45, 7) is 2.07. The van der Waals surface area contributed by atoms with Crippen molar-refractivity contribution in [3.63, 3.8) is 0 Å². The summed E-state index contributed by atoms with van der Waals surface area (Å²) in [5.74, 6) is 1.44. The number of ether oxygens (including phenoxy) is 2. The van der Waals surface area contributed by atoms with Crippen LogP contribution in [0.2, 0.25) is 0 Å². The van der Waals surface area contributed by atoms with E-state index in [4.69, 9.17) is 14.7 Å². The van der Waals surface area contributed by atoms with Crippen LogP contribution in [0.3, 0.4) is 0 Å². The predicted octanol–water partition coefficient (Wildman–Crippen LogP) is 5.39. The molecular formula is C22H19NO2. The van der Waals surface area contributed by atoms with Gasteiger partial charge >= 0.3 is 0 Å². The number of aryl methyl sites for hydroxylation is 1. The van der Waals surface area contributed by atoms with E-state index in [2.05, 4.69) is 25.1 Å². The summed E-state index contributed by atoms with van der Waals surface area (Å²) in [6, 6.07) is 25.3. The van der Waals surface area contributed by atoms with E-state index in [1.807, 2.05) is 36.4 Å². The maximum Gasteiger partial charge on any atom is 0.127 e. The van der Waals surface area contributed by atoms with E-state index in [1.54, 1.807) is 31.4 Å². The number of nitrogens with zero attached hydrogens (tertiary/aromatic N) is 1. The zero-order valence-corrected chi connectivity index (χ0v) is 14.3. The van der Waals surface area contributed by atoms with Crippen LogP contribution in [0.15, 0.2) is 72.8 Å². The van der Waals surface area contributed by atoms with Gasteiger partial charge < -0.3 is 9.47 Å². The van der Waals surface area contributed by atoms with Crippen LogP contribution in [0.1, 0.15) is 28.4 Å². The Morgan fingerprint density at radius 3 is 2.20 bits per heavy atom. The van der Waals surface area contributed by atoms with Crippen molar-refractivity contribution in [1.29, 1.82) is 5.26 Å². The summed E-state index contributed by atoms with van der Waals surface area (Å²) >= 11 is 0. The van der Waals surface area contributed by atoms with Gasteiger partial charge in [0.25, 0.3) is 0 Å². The standard InChI is InChI=1S/C22H19NO2/c1-16-8-11-20(25-19-12-9-17(15-23)10-13-19)14-21(16)22(24-2)18-6-4-3-5-7-18/h3-14,22H,1-2H3. The fraction of sp³-hybridized carbons (Fsp3) is 0.136. The lowest BCUT2D eigenvalue weighted by atomic mass is 9.97. The summed E-state index contributed by atoms with van der Waals surface area (Å²) in [5.41, 5.74) is 3.92. The Bertz CT molecular complexity index is 880. The largest absolute Gasteiger partial charge is 0.457 e. The topological polar surface area (TPSA) is 42.2 Å². The Hall–Kier alpha value is -3.09. The van der Waals surface area contributed by atoms with Gasteiger partial charge in [0.1, 0.15) is 17.6 Å². The van der Waals surface area contributed by atoms with Gasteiger partial charge in [-0.3, -0.25) is 0 Å². The van der Waals surface area contributed by atoms with Gasteiger partial charge in [-0.05, 0) is 60.0 Å². The van der Waals surface area contributed by atoms with Gasteiger partial charge in [-0.1, -0.05) is 36.4 Å². The van der Waals surface area contributed by atoms with Gasteiger partial charge in [-0.25, -0.2) is 0 Å². The normalized spacial score (nSPS) is 11.6. The SMILES string of the molecule is COC(c1ccccc1)c1cc(Oc2ccc(C#N)cc2)ccc1C. The lowest BCUT2D eigenvalue weighted by molar-refractivity contribution is 0.136. The predicted molar refractivity (Wildman–Crippen MR) is 97.7 cm³/mol. The molecule has 0 fully saturated rings. The smallest absolute Gasteiger partial charge is 0.127 e. The Kier molecular flexibility index (Phi) is 5.13. The number of nitriles is 1. The van der Waals surface area contributed by atoms with Gasteiger partial charge in [-0.15, -0.1) is 0 Å². The highest BCUT2D eigenvalue weighted by atomic mass is 16.5. The Morgan fingerprint density at radius 1 is 0.880 bits per heavy atom. The third-order valence-electron chi connectivity index (χ3n) is 4.09. The lowest BCUT2D eigenvalue weighted by Gasteiger charge is -2.19. The minimum absolute atomic E-state index is 0.147. The molecule has 0 amide bonds. The molecule has 0 saturated carbocycles. The van der Waals surface area contributed by atoms with Gasteiger partial charge in [-0.2, -0.15) is 5.26 Å². The zero-order chi connectivity index (χ0) is 17.6. The molecule has 0 saturated heterocycles. The number of benzene rings is 3. The van der Waals surface area contributed by atoms with Crippen LogP contribution in [0.5, 0.6) is 11.5 Å². The first-order valence-corrected chi connectivity index (χ1v) is 8.07. The molecule has 3 heteroatoms. The minimum Gasteiger partial charge on any atom is -0.457 e. The molecule has 0 radical (unpaired) electrons. The molecule has 3 rings (SSSR count). The van der Waals surface area contributed by atoms with Crippen LogP contribution in [-0.4, -0.2) is 7.11 Å². The van der Waals surface area contributed by atoms with Crippen LogP contribution in [0.25, 0.3) is 0 Å². The molecule has 0 bridgehead atoms. The lowest BCUT2D eigenvalue weighted by Crippen LogP contribution is -2.05. The van der Waals surface area contributed by atoms with E-state index in [0.717, 1.165) is 22.4 Å². The third-order valence-corrected chi connectivity index (χ3v) is 4.09. The molecule has 0 aliphatic heterocycles. The van der Waals surface area contributed by atoms with E-state index in [9.17, 15) is 0 Å². The fourth-order valence-electron chi connectivity index (χ4n) is 2.77. The van der Waals surface area contributed by atoms with Crippen molar-refractivity contribution < 1.29 is 9.47 Å². The van der Waals surface area contributed by atoms with E-state index in [-0.39, 0.29) is 6.10 Å². The first-order chi connectivity index (χ1) is 12.2. The van der Waals surface area contributed by atoms with Gasteiger partial charge in [0.15, 0.2) is 0 Å². The van der Waals surface area contributed by atoms with Crippen LogP contribution in [-0.2, 0) is 4.74 Å². The Labute approximate surface area is 148 Å². The summed E-state index contributed by atoms with van der Waals surface area (Å²) in [5, 5.41) is 8.88. The summed E-state index contributed by atoms with van der Waals surface area (Å²) in [6.07, 6.45) is -0.147. The average Bonchev–Trinajstić information content (AvgIpc) is 2.66. The van der Waals surface area contributed by atoms with E-state index < -0.39 is 0 Å². The van der Waals surface area contributed by atoms with E-state index >= 15 is 0 Å². The first-order valence-electron chi connectivity index (χ1n) is 8.07. The Morgan fingerprint density at radius 2 is 1.56 bits per heavy atom. The molecule has 0 aliphatic carbocycles. The fourth-order valence-corrected chi connectivity index (χ4v) is 2.77. The zero-order valence-electron chi connectivity index (χ0n) is 14.3. The van der Waals surface area contributed by atoms with Crippen molar-refractivity contribution in [2.45, 2.75) is 13.0 Å². The van der Waals surface area contributed by atoms with Crippen LogP contribution in [0.4, 0.5) is 0 Å². The van der Waals surface area contributed by atoms with Gasteiger partial charge in [0.05, 0.1) is 11.6 Å². The molecule has 0 heterocycles. The monoisotopic (exact) mass is 329 g/mol. The van der Waals surface area contributed by atoms with Crippen molar-refractivity contribution in [2.75, 3.05) is 7.11 Å². The van der Waals surface area contributed by atoms with Crippen LogP contribution < -0.4 is 4.74 Å². The molecular weight excluding hydrogens is 310 g/mol. The second-order valence-corrected chi connectivity index (χ2v) is 5.78. The Balaban J connectivity index is 1.90. The summed E-state index contributed by atoms with van der Waals surface area (Å²) in [4.78, 5) is 0. The second-order valence-electron chi connectivity index (χ2n) is 5.78. The van der Waals surface area contributed by atoms with Crippen molar-refractivity contribution in [3.8, 4) is 17.6 Å². The first kappa shape index (κ1) is 16.8. The number of rotatable bonds is 5. The summed E-state index contributed by atoms with van der Waals surface area (Å²) < 4.78 is 11.7. The molecule has 3 aromatic carbocycles. The van der Waals surface area contributed by atoms with Crippen LogP contribution in [0, 0.1) is 18.3 Å². The summed E-state index contributed by atoms with van der Waals surface area (Å²) in [7, 11) is 1.71. The maximum absolute atomic E-state index is 8.88. The number of methoxy groups -OCH3 is 1. The highest BCUT2D eigenvalue weighted by Gasteiger charge is 2.16. The quantitative estimate of drug-likeness (QED) is 0.630. The molecule has 0 N–H and O–H groups in total. The molecule has 3 aromatic rings. The molecule has 0 spiro atoms. The molecule has 1 atom stereocenters. The van der Waals surface area contributed by atoms with Crippen molar-refractivity contribution in [3.05, 3.63) is 95.1 Å². The van der Waals surface area contributed by atoms with Gasteiger partial charge in [0.2, 0.25) is 0 Å². The average molecular weight is 329 g/mol. The van der Waals surface area contributed by atoms with Crippen molar-refractivity contribution in [1.82, 2.24) is 0 Å². The minimum atomic E-state index is -0.147. The molecule has 3 nitrogen and oxygen atoms in total. The van der Waals surface area contributed by atoms with Crippen molar-refractivity contribution >= 4 is 0 Å². The highest BCUT2D eigenvalue weighted by Crippen LogP contribution is 2.32. The second kappa shape index (κ2) is 7.65. The molecule has 0 aromatic heterocycles.